The first-order valence-corrected chi connectivity index (χ1v) is 5.54. The predicted octanol–water partition coefficient (Wildman–Crippen LogP) is 2.19. The minimum absolute atomic E-state index is 0.211. The standard InChI is InChI=1S/C13H12FN3O2/c1-8-5-10(19-2)6-11(16-8)13(18)17-12-4-3-9(14)7-15-12/h3-7H,1-2H3,(H,15,17,18). The molecule has 0 spiro atoms. The van der Waals surface area contributed by atoms with Crippen molar-refractivity contribution in [3.63, 3.8) is 0 Å². The summed E-state index contributed by atoms with van der Waals surface area (Å²) in [6, 6.07) is 5.83. The minimum atomic E-state index is -0.464. The van der Waals surface area contributed by atoms with E-state index in [1.165, 1.54) is 25.3 Å². The number of hydrogen-bond acceptors (Lipinski definition) is 4. The summed E-state index contributed by atoms with van der Waals surface area (Å²) in [5.41, 5.74) is 0.875. The molecule has 19 heavy (non-hydrogen) atoms. The monoisotopic (exact) mass is 261 g/mol. The summed E-state index contributed by atoms with van der Waals surface area (Å²) in [6.45, 7) is 1.76. The number of methoxy groups -OCH3 is 1. The smallest absolute Gasteiger partial charge is 0.275 e. The Kier molecular flexibility index (Phi) is 3.70. The number of carbonyl (C=O) groups excluding carboxylic acids is 1. The predicted molar refractivity (Wildman–Crippen MR) is 67.7 cm³/mol. The zero-order valence-electron chi connectivity index (χ0n) is 10.5. The quantitative estimate of drug-likeness (QED) is 0.919. The van der Waals surface area contributed by atoms with E-state index >= 15 is 0 Å². The van der Waals surface area contributed by atoms with Gasteiger partial charge in [-0.1, -0.05) is 0 Å². The average Bonchev–Trinajstić information content (AvgIpc) is 2.40. The van der Waals surface area contributed by atoms with E-state index in [0.29, 0.717) is 11.4 Å². The number of nitrogens with one attached hydrogen (secondary N) is 1. The Morgan fingerprint density at radius 3 is 2.79 bits per heavy atom. The molecule has 98 valence electrons. The van der Waals surface area contributed by atoms with Crippen molar-refractivity contribution in [2.45, 2.75) is 6.92 Å². The molecular formula is C13H12FN3O2. The largest absolute Gasteiger partial charge is 0.497 e. The molecule has 0 atom stereocenters. The molecule has 0 saturated heterocycles. The average molecular weight is 261 g/mol. The van der Waals surface area contributed by atoms with Crippen LogP contribution in [0.4, 0.5) is 10.2 Å². The molecule has 0 unspecified atom stereocenters. The van der Waals surface area contributed by atoms with Crippen LogP contribution in [0.3, 0.4) is 0 Å². The molecule has 0 fully saturated rings. The molecule has 2 heterocycles. The molecule has 5 nitrogen and oxygen atoms in total. The lowest BCUT2D eigenvalue weighted by Crippen LogP contribution is -2.15. The van der Waals surface area contributed by atoms with Crippen LogP contribution in [0.1, 0.15) is 16.2 Å². The molecule has 1 N–H and O–H groups in total. The number of halogens is 1. The summed E-state index contributed by atoms with van der Waals surface area (Å²) >= 11 is 0. The Hall–Kier alpha value is -2.50. The number of carbonyl (C=O) groups is 1. The molecule has 0 aromatic carbocycles. The SMILES string of the molecule is COc1cc(C)nc(C(=O)Nc2ccc(F)cn2)c1. The van der Waals surface area contributed by atoms with E-state index in [4.69, 9.17) is 4.74 Å². The second-order valence-electron chi connectivity index (χ2n) is 3.85. The van der Waals surface area contributed by atoms with Gasteiger partial charge >= 0.3 is 0 Å². The van der Waals surface area contributed by atoms with Gasteiger partial charge in [-0.2, -0.15) is 0 Å². The van der Waals surface area contributed by atoms with Gasteiger partial charge in [0.15, 0.2) is 0 Å². The Labute approximate surface area is 109 Å². The summed E-state index contributed by atoms with van der Waals surface area (Å²) in [5.74, 6) is -0.0900. The van der Waals surface area contributed by atoms with Gasteiger partial charge < -0.3 is 10.1 Å². The van der Waals surface area contributed by atoms with E-state index < -0.39 is 11.7 Å². The third-order valence-corrected chi connectivity index (χ3v) is 2.36. The van der Waals surface area contributed by atoms with Gasteiger partial charge in [0.2, 0.25) is 0 Å². The number of aromatic nitrogens is 2. The van der Waals surface area contributed by atoms with E-state index in [9.17, 15) is 9.18 Å². The van der Waals surface area contributed by atoms with E-state index in [2.05, 4.69) is 15.3 Å². The van der Waals surface area contributed by atoms with Crippen LogP contribution in [0.5, 0.6) is 5.75 Å². The lowest BCUT2D eigenvalue weighted by atomic mass is 10.2. The van der Waals surface area contributed by atoms with Gasteiger partial charge in [-0.15, -0.1) is 0 Å². The van der Waals surface area contributed by atoms with Crippen molar-refractivity contribution in [1.82, 2.24) is 9.97 Å². The fraction of sp³-hybridized carbons (Fsp3) is 0.154. The zero-order valence-corrected chi connectivity index (χ0v) is 10.5. The normalized spacial score (nSPS) is 10.1. The summed E-state index contributed by atoms with van der Waals surface area (Å²) in [7, 11) is 1.51. The maximum absolute atomic E-state index is 12.7. The molecule has 2 aromatic rings. The van der Waals surface area contributed by atoms with Gasteiger partial charge in [0, 0.05) is 17.8 Å². The minimum Gasteiger partial charge on any atom is -0.497 e. The number of amides is 1. The molecular weight excluding hydrogens is 249 g/mol. The van der Waals surface area contributed by atoms with E-state index in [1.807, 2.05) is 0 Å². The maximum Gasteiger partial charge on any atom is 0.275 e. The molecule has 0 aliphatic heterocycles. The number of nitrogens with zero attached hydrogens (tertiary/aromatic N) is 2. The summed E-state index contributed by atoms with van der Waals surface area (Å²) in [4.78, 5) is 19.8. The Morgan fingerprint density at radius 1 is 1.37 bits per heavy atom. The van der Waals surface area contributed by atoms with Gasteiger partial charge in [-0.25, -0.2) is 14.4 Å². The van der Waals surface area contributed by atoms with Crippen LogP contribution < -0.4 is 10.1 Å². The second kappa shape index (κ2) is 5.43. The lowest BCUT2D eigenvalue weighted by molar-refractivity contribution is 0.102. The molecule has 0 aliphatic rings. The van der Waals surface area contributed by atoms with Gasteiger partial charge in [-0.3, -0.25) is 4.79 Å². The number of aryl methyl sites for hydroxylation is 1. The lowest BCUT2D eigenvalue weighted by Gasteiger charge is -2.06. The van der Waals surface area contributed by atoms with Gasteiger partial charge in [0.25, 0.3) is 5.91 Å². The third-order valence-electron chi connectivity index (χ3n) is 2.36. The highest BCUT2D eigenvalue weighted by Gasteiger charge is 2.10. The number of ether oxygens (including phenoxy) is 1. The molecule has 2 aromatic heterocycles. The van der Waals surface area contributed by atoms with E-state index in [1.54, 1.807) is 13.0 Å². The Balaban J connectivity index is 2.20. The van der Waals surface area contributed by atoms with Gasteiger partial charge in [-0.05, 0) is 19.1 Å². The van der Waals surface area contributed by atoms with Crippen molar-refractivity contribution in [3.8, 4) is 5.75 Å². The molecule has 0 bridgehead atoms. The van der Waals surface area contributed by atoms with Crippen molar-refractivity contribution in [2.24, 2.45) is 0 Å². The van der Waals surface area contributed by atoms with Gasteiger partial charge in [0.05, 0.1) is 13.3 Å². The number of hydrogen-bond donors (Lipinski definition) is 1. The molecule has 0 saturated carbocycles. The first kappa shape index (κ1) is 12.9. The Morgan fingerprint density at radius 2 is 2.16 bits per heavy atom. The number of anilines is 1. The summed E-state index contributed by atoms with van der Waals surface area (Å²) in [6.07, 6.45) is 1.03. The molecule has 2 rings (SSSR count). The molecule has 1 amide bonds. The molecule has 0 aliphatic carbocycles. The van der Waals surface area contributed by atoms with Crippen molar-refractivity contribution in [1.29, 1.82) is 0 Å². The third kappa shape index (κ3) is 3.25. The van der Waals surface area contributed by atoms with E-state index in [0.717, 1.165) is 6.20 Å². The first-order chi connectivity index (χ1) is 9.08. The number of pyridine rings is 2. The topological polar surface area (TPSA) is 64.1 Å². The summed E-state index contributed by atoms with van der Waals surface area (Å²) in [5, 5.41) is 2.53. The highest BCUT2D eigenvalue weighted by molar-refractivity contribution is 6.02. The highest BCUT2D eigenvalue weighted by atomic mass is 19.1. The van der Waals surface area contributed by atoms with Crippen molar-refractivity contribution >= 4 is 11.7 Å². The van der Waals surface area contributed by atoms with E-state index in [-0.39, 0.29) is 11.5 Å². The first-order valence-electron chi connectivity index (χ1n) is 5.54. The van der Waals surface area contributed by atoms with Gasteiger partial charge in [0.1, 0.15) is 23.1 Å². The number of rotatable bonds is 3. The van der Waals surface area contributed by atoms with Crippen LogP contribution in [-0.2, 0) is 0 Å². The van der Waals surface area contributed by atoms with Crippen molar-refractivity contribution in [2.75, 3.05) is 12.4 Å². The highest BCUT2D eigenvalue weighted by Crippen LogP contribution is 2.14. The van der Waals surface area contributed by atoms with Crippen LogP contribution in [0, 0.1) is 12.7 Å². The zero-order chi connectivity index (χ0) is 13.8. The molecule has 0 radical (unpaired) electrons. The van der Waals surface area contributed by atoms with Crippen molar-refractivity contribution in [3.05, 3.63) is 47.7 Å². The Bertz CT molecular complexity index is 599. The fourth-order valence-corrected chi connectivity index (χ4v) is 1.50. The van der Waals surface area contributed by atoms with Crippen LogP contribution >= 0.6 is 0 Å². The van der Waals surface area contributed by atoms with Crippen LogP contribution in [0.25, 0.3) is 0 Å². The summed E-state index contributed by atoms with van der Waals surface area (Å²) < 4.78 is 17.8. The second-order valence-corrected chi connectivity index (χ2v) is 3.85. The maximum atomic E-state index is 12.7. The fourth-order valence-electron chi connectivity index (χ4n) is 1.50. The molecule has 6 heteroatoms. The van der Waals surface area contributed by atoms with Crippen LogP contribution in [0.2, 0.25) is 0 Å². The van der Waals surface area contributed by atoms with Crippen LogP contribution in [-0.4, -0.2) is 23.0 Å². The van der Waals surface area contributed by atoms with Crippen LogP contribution in [0.15, 0.2) is 30.5 Å². The van der Waals surface area contributed by atoms with Crippen molar-refractivity contribution < 1.29 is 13.9 Å².